The third-order valence-electron chi connectivity index (χ3n) is 4.74. The molecule has 0 bridgehead atoms. The monoisotopic (exact) mass is 352 g/mol. The Bertz CT molecular complexity index is 587. The number of likely N-dealkylation sites (tertiary alicyclic amines) is 1. The number of aryl methyl sites for hydroxylation is 2. The largest absolute Gasteiger partial charge is 0.338 e. The van der Waals surface area contributed by atoms with Crippen molar-refractivity contribution in [3.8, 4) is 0 Å². The van der Waals surface area contributed by atoms with Crippen LogP contribution >= 0.6 is 12.4 Å². The van der Waals surface area contributed by atoms with Gasteiger partial charge in [0.25, 0.3) is 0 Å². The molecule has 1 saturated heterocycles. The van der Waals surface area contributed by atoms with Crippen molar-refractivity contribution in [3.63, 3.8) is 0 Å². The van der Waals surface area contributed by atoms with Crippen LogP contribution in [0.4, 0.5) is 0 Å². The van der Waals surface area contributed by atoms with Crippen molar-refractivity contribution in [3.05, 3.63) is 34.9 Å². The number of halogens is 1. The molecule has 1 fully saturated rings. The van der Waals surface area contributed by atoms with Gasteiger partial charge in [-0.1, -0.05) is 17.7 Å². The number of nitrogens with zero attached hydrogens (tertiary/aromatic N) is 1. The van der Waals surface area contributed by atoms with Gasteiger partial charge in [-0.25, -0.2) is 0 Å². The fourth-order valence-corrected chi connectivity index (χ4v) is 3.35. The summed E-state index contributed by atoms with van der Waals surface area (Å²) in [6, 6.07) is 5.97. The molecule has 1 aliphatic rings. The number of Topliss-reactive ketones (excluding diaryl/α,β-unsaturated/α-hetero) is 1. The van der Waals surface area contributed by atoms with Crippen LogP contribution in [0.15, 0.2) is 18.2 Å². The molecule has 2 rings (SSSR count). The van der Waals surface area contributed by atoms with E-state index in [1.54, 1.807) is 0 Å². The molecule has 0 saturated carbocycles. The van der Waals surface area contributed by atoms with Gasteiger partial charge < -0.3 is 10.6 Å². The number of hydrogen-bond acceptors (Lipinski definition) is 3. The SMILES string of the molecule is Cc1ccc(C)c(C(=O)CCC(=O)N2CCCCC2C(C)N)c1.Cl. The van der Waals surface area contributed by atoms with E-state index in [4.69, 9.17) is 5.73 Å². The first-order valence-electron chi connectivity index (χ1n) is 8.55. The Balaban J connectivity index is 0.00000288. The zero-order valence-electron chi connectivity index (χ0n) is 14.9. The standard InChI is InChI=1S/C19H28N2O2.ClH/c1-13-7-8-14(2)16(12-13)18(22)9-10-19(23)21-11-5-4-6-17(21)15(3)20;/h7-8,12,15,17H,4-6,9-11,20H2,1-3H3;1H. The van der Waals surface area contributed by atoms with E-state index in [-0.39, 0.29) is 49.0 Å². The smallest absolute Gasteiger partial charge is 0.223 e. The Kier molecular flexibility index (Phi) is 7.91. The summed E-state index contributed by atoms with van der Waals surface area (Å²) in [7, 11) is 0. The van der Waals surface area contributed by atoms with Gasteiger partial charge in [0.15, 0.2) is 5.78 Å². The number of rotatable bonds is 5. The molecule has 134 valence electrons. The molecule has 1 amide bonds. The summed E-state index contributed by atoms with van der Waals surface area (Å²) in [5, 5.41) is 0. The zero-order chi connectivity index (χ0) is 17.0. The summed E-state index contributed by atoms with van der Waals surface area (Å²) in [5.74, 6) is 0.111. The molecule has 24 heavy (non-hydrogen) atoms. The highest BCUT2D eigenvalue weighted by molar-refractivity contribution is 5.99. The van der Waals surface area contributed by atoms with Crippen LogP contribution in [0.3, 0.4) is 0 Å². The average molecular weight is 353 g/mol. The zero-order valence-corrected chi connectivity index (χ0v) is 15.7. The van der Waals surface area contributed by atoms with Gasteiger partial charge >= 0.3 is 0 Å². The maximum atomic E-state index is 12.5. The highest BCUT2D eigenvalue weighted by Gasteiger charge is 2.29. The van der Waals surface area contributed by atoms with Crippen LogP contribution in [0.5, 0.6) is 0 Å². The van der Waals surface area contributed by atoms with Crippen molar-refractivity contribution in [1.29, 1.82) is 0 Å². The summed E-state index contributed by atoms with van der Waals surface area (Å²) >= 11 is 0. The molecule has 2 atom stereocenters. The molecule has 0 spiro atoms. The van der Waals surface area contributed by atoms with E-state index in [1.165, 1.54) is 0 Å². The van der Waals surface area contributed by atoms with Crippen molar-refractivity contribution < 1.29 is 9.59 Å². The van der Waals surface area contributed by atoms with E-state index in [0.29, 0.717) is 0 Å². The second-order valence-electron chi connectivity index (χ2n) is 6.75. The summed E-state index contributed by atoms with van der Waals surface area (Å²) < 4.78 is 0. The maximum Gasteiger partial charge on any atom is 0.223 e. The average Bonchev–Trinajstić information content (AvgIpc) is 2.54. The van der Waals surface area contributed by atoms with Crippen LogP contribution in [-0.4, -0.2) is 35.2 Å². The minimum atomic E-state index is -0.0195. The molecule has 2 unspecified atom stereocenters. The number of piperidine rings is 1. The fraction of sp³-hybridized carbons (Fsp3) is 0.579. The van der Waals surface area contributed by atoms with Crippen molar-refractivity contribution in [2.45, 2.75) is 65.0 Å². The van der Waals surface area contributed by atoms with Crippen LogP contribution < -0.4 is 5.73 Å². The number of amides is 1. The molecular weight excluding hydrogens is 324 g/mol. The molecule has 1 aromatic carbocycles. The predicted molar refractivity (Wildman–Crippen MR) is 99.7 cm³/mol. The van der Waals surface area contributed by atoms with Crippen molar-refractivity contribution in [2.24, 2.45) is 5.73 Å². The van der Waals surface area contributed by atoms with Gasteiger partial charge in [0.1, 0.15) is 0 Å². The van der Waals surface area contributed by atoms with Gasteiger partial charge in [-0.2, -0.15) is 0 Å². The molecule has 1 heterocycles. The van der Waals surface area contributed by atoms with E-state index in [1.807, 2.05) is 43.9 Å². The number of hydrogen-bond donors (Lipinski definition) is 1. The fourth-order valence-electron chi connectivity index (χ4n) is 3.35. The van der Waals surface area contributed by atoms with Crippen LogP contribution in [-0.2, 0) is 4.79 Å². The summed E-state index contributed by atoms with van der Waals surface area (Å²) in [6.45, 7) is 6.63. The Morgan fingerprint density at radius 3 is 2.62 bits per heavy atom. The Labute approximate surface area is 151 Å². The summed E-state index contributed by atoms with van der Waals surface area (Å²) in [6.07, 6.45) is 3.66. The van der Waals surface area contributed by atoms with E-state index >= 15 is 0 Å². The summed E-state index contributed by atoms with van der Waals surface area (Å²) in [4.78, 5) is 26.8. The van der Waals surface area contributed by atoms with Gasteiger partial charge in [0.05, 0.1) is 0 Å². The van der Waals surface area contributed by atoms with E-state index in [2.05, 4.69) is 0 Å². The molecule has 0 radical (unpaired) electrons. The highest BCUT2D eigenvalue weighted by atomic mass is 35.5. The number of carbonyl (C=O) groups excluding carboxylic acids is 2. The quantitative estimate of drug-likeness (QED) is 0.826. The first-order chi connectivity index (χ1) is 10.9. The van der Waals surface area contributed by atoms with Gasteiger partial charge in [0.2, 0.25) is 5.91 Å². The predicted octanol–water partition coefficient (Wildman–Crippen LogP) is 3.42. The third-order valence-corrected chi connectivity index (χ3v) is 4.74. The molecule has 1 aliphatic heterocycles. The number of carbonyl (C=O) groups is 2. The highest BCUT2D eigenvalue weighted by Crippen LogP contribution is 2.21. The lowest BCUT2D eigenvalue weighted by atomic mass is 9.95. The van der Waals surface area contributed by atoms with Gasteiger partial charge in [-0.05, 0) is 51.7 Å². The lowest BCUT2D eigenvalue weighted by Crippen LogP contribution is -2.51. The Morgan fingerprint density at radius 1 is 1.25 bits per heavy atom. The maximum absolute atomic E-state index is 12.5. The van der Waals surface area contributed by atoms with Crippen LogP contribution in [0.1, 0.15) is 60.5 Å². The van der Waals surface area contributed by atoms with Gasteiger partial charge in [-0.15, -0.1) is 12.4 Å². The topological polar surface area (TPSA) is 63.4 Å². The van der Waals surface area contributed by atoms with Crippen molar-refractivity contribution in [2.75, 3.05) is 6.54 Å². The molecular formula is C19H29ClN2O2. The lowest BCUT2D eigenvalue weighted by molar-refractivity contribution is -0.135. The Hall–Kier alpha value is -1.39. The van der Waals surface area contributed by atoms with Crippen molar-refractivity contribution >= 4 is 24.1 Å². The molecule has 4 nitrogen and oxygen atoms in total. The Morgan fingerprint density at radius 2 is 1.96 bits per heavy atom. The third kappa shape index (κ3) is 5.05. The van der Waals surface area contributed by atoms with E-state index in [0.717, 1.165) is 42.5 Å². The second-order valence-corrected chi connectivity index (χ2v) is 6.75. The van der Waals surface area contributed by atoms with E-state index in [9.17, 15) is 9.59 Å². The minimum absolute atomic E-state index is 0. The number of nitrogens with two attached hydrogens (primary N) is 1. The minimum Gasteiger partial charge on any atom is -0.338 e. The molecule has 0 aliphatic carbocycles. The number of benzene rings is 1. The van der Waals surface area contributed by atoms with Gasteiger partial charge in [0, 0.05) is 37.0 Å². The molecule has 2 N–H and O–H groups in total. The molecule has 0 aromatic heterocycles. The van der Waals surface area contributed by atoms with Crippen LogP contribution in [0.25, 0.3) is 0 Å². The normalized spacial score (nSPS) is 18.7. The first-order valence-corrected chi connectivity index (χ1v) is 8.55. The lowest BCUT2D eigenvalue weighted by Gasteiger charge is -2.38. The number of ketones is 1. The van der Waals surface area contributed by atoms with E-state index < -0.39 is 0 Å². The van der Waals surface area contributed by atoms with Gasteiger partial charge in [-0.3, -0.25) is 9.59 Å². The second kappa shape index (κ2) is 9.19. The molecule has 5 heteroatoms. The van der Waals surface area contributed by atoms with Crippen LogP contribution in [0, 0.1) is 13.8 Å². The van der Waals surface area contributed by atoms with Crippen molar-refractivity contribution in [1.82, 2.24) is 4.90 Å². The molecule has 1 aromatic rings. The van der Waals surface area contributed by atoms with Crippen LogP contribution in [0.2, 0.25) is 0 Å². The summed E-state index contributed by atoms with van der Waals surface area (Å²) in [5.41, 5.74) is 8.79. The first kappa shape index (κ1) is 20.7.